The Balaban J connectivity index is 1.84. The number of nitro groups is 1. The minimum Gasteiger partial charge on any atom is -0.465 e. The molecule has 1 fully saturated rings. The fourth-order valence-corrected chi connectivity index (χ4v) is 2.80. The molecule has 0 aliphatic heterocycles. The van der Waals surface area contributed by atoms with Crippen LogP contribution in [0.4, 0.5) is 11.5 Å². The van der Waals surface area contributed by atoms with E-state index in [1.54, 1.807) is 26.1 Å². The minimum atomic E-state index is -0.450. The zero-order chi connectivity index (χ0) is 18.1. The minimum absolute atomic E-state index is 0.0453. The Morgan fingerprint density at radius 1 is 1.48 bits per heavy atom. The number of carbonyl (C=O) groups excluding carboxylic acids is 1. The highest BCUT2D eigenvalue weighted by molar-refractivity contribution is 5.90. The molecule has 132 valence electrons. The molecule has 1 N–H and O–H groups in total. The summed E-state index contributed by atoms with van der Waals surface area (Å²) in [5.74, 6) is 0.212. The third-order valence-electron chi connectivity index (χ3n) is 4.16. The molecular formula is C16H19N5O4. The van der Waals surface area contributed by atoms with Crippen molar-refractivity contribution in [3.05, 3.63) is 44.9 Å². The summed E-state index contributed by atoms with van der Waals surface area (Å²) in [6, 6.07) is 3.42. The predicted octanol–water partition coefficient (Wildman–Crippen LogP) is 2.31. The third-order valence-corrected chi connectivity index (χ3v) is 4.16. The van der Waals surface area contributed by atoms with Gasteiger partial charge >= 0.3 is 11.7 Å². The van der Waals surface area contributed by atoms with Gasteiger partial charge in [-0.1, -0.05) is 0 Å². The molecule has 0 spiro atoms. The van der Waals surface area contributed by atoms with Crippen molar-refractivity contribution in [3.63, 3.8) is 0 Å². The van der Waals surface area contributed by atoms with Crippen molar-refractivity contribution >= 4 is 17.5 Å². The highest BCUT2D eigenvalue weighted by Gasteiger charge is 2.30. The number of methoxy groups -OCH3 is 1. The van der Waals surface area contributed by atoms with Crippen molar-refractivity contribution in [3.8, 4) is 0 Å². The molecule has 9 heteroatoms. The molecule has 0 saturated heterocycles. The van der Waals surface area contributed by atoms with Crippen LogP contribution in [0.1, 0.15) is 46.2 Å². The number of ether oxygens (including phenoxy) is 1. The maximum atomic E-state index is 11.9. The molecular weight excluding hydrogens is 326 g/mol. The monoisotopic (exact) mass is 345 g/mol. The van der Waals surface area contributed by atoms with E-state index in [4.69, 9.17) is 4.74 Å². The van der Waals surface area contributed by atoms with Crippen LogP contribution in [0.2, 0.25) is 0 Å². The van der Waals surface area contributed by atoms with Gasteiger partial charge in [0, 0.05) is 13.0 Å². The van der Waals surface area contributed by atoms with E-state index in [9.17, 15) is 14.9 Å². The zero-order valence-electron chi connectivity index (χ0n) is 14.3. The van der Waals surface area contributed by atoms with Crippen LogP contribution in [0.25, 0.3) is 0 Å². The number of hydrogen-bond acceptors (Lipinski definition) is 7. The summed E-state index contributed by atoms with van der Waals surface area (Å²) < 4.78 is 6.25. The van der Waals surface area contributed by atoms with Gasteiger partial charge in [-0.05, 0) is 31.9 Å². The topological polar surface area (TPSA) is 112 Å². The quantitative estimate of drug-likeness (QED) is 0.485. The number of anilines is 1. The van der Waals surface area contributed by atoms with E-state index < -0.39 is 10.9 Å². The van der Waals surface area contributed by atoms with E-state index in [0.29, 0.717) is 29.3 Å². The molecule has 2 heterocycles. The fraction of sp³-hybridized carbons (Fsp3) is 0.438. The van der Waals surface area contributed by atoms with Crippen LogP contribution in [0.5, 0.6) is 0 Å². The lowest BCUT2D eigenvalue weighted by molar-refractivity contribution is -0.384. The molecule has 0 aromatic carbocycles. The SMILES string of the molecule is COC(=O)c1ccc(CNc2c([N+](=O)[O-])c(C)nn2C)nc1C1CC1. The maximum absolute atomic E-state index is 11.9. The number of carbonyl (C=O) groups is 1. The van der Waals surface area contributed by atoms with Crippen LogP contribution in [0.3, 0.4) is 0 Å². The van der Waals surface area contributed by atoms with Crippen LogP contribution in [-0.4, -0.2) is 32.8 Å². The number of rotatable bonds is 6. The Morgan fingerprint density at radius 3 is 2.80 bits per heavy atom. The molecule has 1 saturated carbocycles. The molecule has 0 unspecified atom stereocenters. The average Bonchev–Trinajstić information content (AvgIpc) is 3.37. The zero-order valence-corrected chi connectivity index (χ0v) is 14.3. The molecule has 0 atom stereocenters. The fourth-order valence-electron chi connectivity index (χ4n) is 2.80. The molecule has 2 aromatic rings. The van der Waals surface area contributed by atoms with Gasteiger partial charge in [0.2, 0.25) is 5.82 Å². The van der Waals surface area contributed by atoms with E-state index in [-0.39, 0.29) is 11.6 Å². The van der Waals surface area contributed by atoms with Crippen molar-refractivity contribution in [2.45, 2.75) is 32.2 Å². The van der Waals surface area contributed by atoms with Crippen LogP contribution in [0.15, 0.2) is 12.1 Å². The predicted molar refractivity (Wildman–Crippen MR) is 89.5 cm³/mol. The van der Waals surface area contributed by atoms with Crippen molar-refractivity contribution in [2.75, 3.05) is 12.4 Å². The first-order valence-electron chi connectivity index (χ1n) is 7.92. The first-order valence-corrected chi connectivity index (χ1v) is 7.92. The summed E-state index contributed by atoms with van der Waals surface area (Å²) in [5, 5.41) is 18.3. The molecule has 1 aliphatic rings. The second-order valence-electron chi connectivity index (χ2n) is 6.02. The van der Waals surface area contributed by atoms with Crippen molar-refractivity contribution in [2.24, 2.45) is 7.05 Å². The molecule has 25 heavy (non-hydrogen) atoms. The van der Waals surface area contributed by atoms with Crippen LogP contribution in [-0.2, 0) is 18.3 Å². The third kappa shape index (κ3) is 3.30. The Bertz CT molecular complexity index is 841. The van der Waals surface area contributed by atoms with Gasteiger partial charge in [0.05, 0.1) is 35.5 Å². The molecule has 2 aromatic heterocycles. The summed E-state index contributed by atoms with van der Waals surface area (Å²) in [6.07, 6.45) is 2.00. The lowest BCUT2D eigenvalue weighted by Gasteiger charge is -2.10. The maximum Gasteiger partial charge on any atom is 0.339 e. The number of aromatic nitrogens is 3. The second-order valence-corrected chi connectivity index (χ2v) is 6.02. The molecule has 9 nitrogen and oxygen atoms in total. The first-order chi connectivity index (χ1) is 11.9. The number of hydrogen-bond donors (Lipinski definition) is 1. The Labute approximate surface area is 144 Å². The van der Waals surface area contributed by atoms with Gasteiger partial charge in [0.1, 0.15) is 5.69 Å². The average molecular weight is 345 g/mol. The van der Waals surface area contributed by atoms with Crippen LogP contribution < -0.4 is 5.32 Å². The second kappa shape index (κ2) is 6.50. The largest absolute Gasteiger partial charge is 0.465 e. The van der Waals surface area contributed by atoms with Gasteiger partial charge in [0.25, 0.3) is 0 Å². The molecule has 0 radical (unpaired) electrons. The van der Waals surface area contributed by atoms with E-state index in [1.807, 2.05) is 0 Å². The number of esters is 1. The Hall–Kier alpha value is -2.97. The Kier molecular flexibility index (Phi) is 4.39. The summed E-state index contributed by atoms with van der Waals surface area (Å²) in [6.45, 7) is 1.89. The number of nitrogens with zero attached hydrogens (tertiary/aromatic N) is 4. The summed E-state index contributed by atoms with van der Waals surface area (Å²) >= 11 is 0. The van der Waals surface area contributed by atoms with E-state index in [0.717, 1.165) is 18.5 Å². The van der Waals surface area contributed by atoms with Gasteiger partial charge in [-0.15, -0.1) is 0 Å². The lowest BCUT2D eigenvalue weighted by Crippen LogP contribution is -2.11. The number of nitrogens with one attached hydrogen (secondary N) is 1. The van der Waals surface area contributed by atoms with Gasteiger partial charge in [-0.3, -0.25) is 15.1 Å². The number of pyridine rings is 1. The Morgan fingerprint density at radius 2 is 2.20 bits per heavy atom. The normalized spacial score (nSPS) is 13.6. The van der Waals surface area contributed by atoms with Gasteiger partial charge < -0.3 is 10.1 Å². The first kappa shape index (κ1) is 16.9. The van der Waals surface area contributed by atoms with Gasteiger partial charge in [0.15, 0.2) is 0 Å². The molecule has 3 rings (SSSR count). The van der Waals surface area contributed by atoms with Crippen LogP contribution >= 0.6 is 0 Å². The van der Waals surface area contributed by atoms with E-state index in [2.05, 4.69) is 15.4 Å². The molecule has 1 aliphatic carbocycles. The standard InChI is InChI=1S/C16H19N5O4/c1-9-14(21(23)24)15(20(2)19-9)17-8-11-6-7-12(16(22)25-3)13(18-11)10-4-5-10/h6-7,10,17H,4-5,8H2,1-3H3. The van der Waals surface area contributed by atoms with E-state index in [1.165, 1.54) is 11.8 Å². The van der Waals surface area contributed by atoms with Crippen molar-refractivity contribution in [1.29, 1.82) is 0 Å². The summed E-state index contributed by atoms with van der Waals surface area (Å²) in [4.78, 5) is 27.2. The lowest BCUT2D eigenvalue weighted by atomic mass is 10.1. The molecule has 0 amide bonds. The van der Waals surface area contributed by atoms with Gasteiger partial charge in [-0.2, -0.15) is 5.10 Å². The van der Waals surface area contributed by atoms with Crippen LogP contribution in [0, 0.1) is 17.0 Å². The summed E-state index contributed by atoms with van der Waals surface area (Å²) in [7, 11) is 2.99. The number of aryl methyl sites for hydroxylation is 2. The van der Waals surface area contributed by atoms with Gasteiger partial charge in [-0.25, -0.2) is 9.48 Å². The van der Waals surface area contributed by atoms with Crippen molar-refractivity contribution < 1.29 is 14.5 Å². The summed E-state index contributed by atoms with van der Waals surface area (Å²) in [5.41, 5.74) is 2.22. The highest BCUT2D eigenvalue weighted by Crippen LogP contribution is 2.41. The molecule has 0 bridgehead atoms. The van der Waals surface area contributed by atoms with Crippen molar-refractivity contribution in [1.82, 2.24) is 14.8 Å². The van der Waals surface area contributed by atoms with E-state index >= 15 is 0 Å². The smallest absolute Gasteiger partial charge is 0.339 e. The highest BCUT2D eigenvalue weighted by atomic mass is 16.6.